The summed E-state index contributed by atoms with van der Waals surface area (Å²) < 4.78 is 42.4. The smallest absolute Gasteiger partial charge is 0.382 e. The van der Waals surface area contributed by atoms with Crippen LogP contribution in [0.25, 0.3) is 36.5 Å². The van der Waals surface area contributed by atoms with Gasteiger partial charge in [0.2, 0.25) is 0 Å². The van der Waals surface area contributed by atoms with E-state index in [1.54, 1.807) is 18.2 Å². The lowest BCUT2D eigenvalue weighted by atomic mass is 9.96. The first-order valence-corrected chi connectivity index (χ1v) is 14.4. The van der Waals surface area contributed by atoms with Gasteiger partial charge in [-0.25, -0.2) is 0 Å². The van der Waals surface area contributed by atoms with Crippen LogP contribution in [0.15, 0.2) is 103 Å². The quantitative estimate of drug-likeness (QED) is 0.146. The molecule has 214 valence electrons. The first-order chi connectivity index (χ1) is 19.4. The highest BCUT2D eigenvalue weighted by molar-refractivity contribution is 7.81. The van der Waals surface area contributed by atoms with E-state index >= 15 is 0 Å². The van der Waals surface area contributed by atoms with Crippen molar-refractivity contribution in [3.8, 4) is 5.75 Å². The number of benzene rings is 4. The minimum atomic E-state index is -4.71. The predicted octanol–water partition coefficient (Wildman–Crippen LogP) is 8.58. The molecule has 4 aromatic carbocycles. The Hall–Kier alpha value is -4.27. The Kier molecular flexibility index (Phi) is 14.0. The highest BCUT2D eigenvalue weighted by Crippen LogP contribution is 2.32. The van der Waals surface area contributed by atoms with E-state index in [0.29, 0.717) is 5.56 Å². The van der Waals surface area contributed by atoms with Gasteiger partial charge in [0.1, 0.15) is 0 Å². The van der Waals surface area contributed by atoms with Gasteiger partial charge in [-0.3, -0.25) is 4.55 Å². The second kappa shape index (κ2) is 17.4. The first-order valence-electron chi connectivity index (χ1n) is 13.0. The van der Waals surface area contributed by atoms with Crippen LogP contribution in [-0.4, -0.2) is 26.2 Å². The standard InChI is InChI=1S/C30H24O4S.C4H10O.H3N/c31-35(32,33)34-30-23-20-27(19-16-24-10-4-1-5-11-24)28(21-17-25-12-6-2-7-13-25)29(30)22-18-26-14-8-3-9-15-26;1-3-5-4-2;/h1-23H,(H,31,32,33);3-4H2,1-2H3;1H3/b19-16+,21-17+,22-18+;;. The third-order valence-electron chi connectivity index (χ3n) is 5.62. The maximum Gasteiger partial charge on any atom is 0.446 e. The lowest BCUT2D eigenvalue weighted by molar-refractivity contribution is 0.162. The van der Waals surface area contributed by atoms with Crippen LogP contribution in [0.3, 0.4) is 0 Å². The van der Waals surface area contributed by atoms with E-state index in [-0.39, 0.29) is 11.9 Å². The zero-order valence-electron chi connectivity index (χ0n) is 23.4. The molecular formula is C34H37NO5S. The van der Waals surface area contributed by atoms with Crippen LogP contribution in [0.4, 0.5) is 0 Å². The fourth-order valence-corrected chi connectivity index (χ4v) is 4.14. The Morgan fingerprint density at radius 1 is 0.585 bits per heavy atom. The van der Waals surface area contributed by atoms with E-state index in [4.69, 9.17) is 8.92 Å². The summed E-state index contributed by atoms with van der Waals surface area (Å²) in [6.45, 7) is 5.67. The zero-order valence-corrected chi connectivity index (χ0v) is 24.2. The average molecular weight is 572 g/mol. The molecule has 0 aliphatic heterocycles. The SMILES string of the molecule is CCOCC.N.O=S(=O)(O)Oc1ccc(/C=C/c2ccccc2)c(/C=C/c2ccccc2)c1/C=C/c1ccccc1. The van der Waals surface area contributed by atoms with Crippen LogP contribution in [0.2, 0.25) is 0 Å². The highest BCUT2D eigenvalue weighted by Gasteiger charge is 2.15. The van der Waals surface area contributed by atoms with E-state index in [2.05, 4.69) is 0 Å². The van der Waals surface area contributed by atoms with Crippen molar-refractivity contribution in [2.24, 2.45) is 0 Å². The van der Waals surface area contributed by atoms with Gasteiger partial charge in [-0.05, 0) is 53.8 Å². The Morgan fingerprint density at radius 2 is 1.00 bits per heavy atom. The zero-order chi connectivity index (χ0) is 28.6. The largest absolute Gasteiger partial charge is 0.446 e. The number of rotatable bonds is 10. The molecule has 0 bridgehead atoms. The Labute approximate surface area is 243 Å². The summed E-state index contributed by atoms with van der Waals surface area (Å²) in [6, 6.07) is 32.7. The van der Waals surface area contributed by atoms with Gasteiger partial charge < -0.3 is 15.1 Å². The molecule has 4 rings (SSSR count). The van der Waals surface area contributed by atoms with E-state index in [9.17, 15) is 13.0 Å². The van der Waals surface area contributed by atoms with Crippen molar-refractivity contribution in [2.45, 2.75) is 13.8 Å². The van der Waals surface area contributed by atoms with Gasteiger partial charge in [-0.1, -0.05) is 127 Å². The Balaban J connectivity index is 0.000000902. The fourth-order valence-electron chi connectivity index (χ4n) is 3.76. The lowest BCUT2D eigenvalue weighted by Crippen LogP contribution is -2.08. The van der Waals surface area contributed by atoms with Gasteiger partial charge >= 0.3 is 10.4 Å². The fraction of sp³-hybridized carbons (Fsp3) is 0.118. The van der Waals surface area contributed by atoms with Crippen molar-refractivity contribution < 1.29 is 21.9 Å². The third-order valence-corrected chi connectivity index (χ3v) is 6.01. The van der Waals surface area contributed by atoms with Crippen molar-refractivity contribution in [1.82, 2.24) is 6.15 Å². The normalized spacial score (nSPS) is 11.3. The summed E-state index contributed by atoms with van der Waals surface area (Å²) in [5.41, 5.74) is 5.09. The maximum atomic E-state index is 11.6. The van der Waals surface area contributed by atoms with Crippen molar-refractivity contribution in [2.75, 3.05) is 13.2 Å². The van der Waals surface area contributed by atoms with Gasteiger partial charge in [0.25, 0.3) is 0 Å². The molecule has 0 atom stereocenters. The summed E-state index contributed by atoms with van der Waals surface area (Å²) >= 11 is 0. The van der Waals surface area contributed by atoms with Crippen LogP contribution < -0.4 is 10.3 Å². The molecule has 7 heteroatoms. The molecule has 41 heavy (non-hydrogen) atoms. The summed E-state index contributed by atoms with van der Waals surface area (Å²) in [4.78, 5) is 0. The molecule has 4 aromatic rings. The van der Waals surface area contributed by atoms with Gasteiger partial charge in [0, 0.05) is 18.8 Å². The molecular weight excluding hydrogens is 534 g/mol. The number of ether oxygens (including phenoxy) is 1. The molecule has 0 radical (unpaired) electrons. The molecule has 0 saturated heterocycles. The molecule has 0 aromatic heterocycles. The lowest BCUT2D eigenvalue weighted by Gasteiger charge is -2.12. The number of hydrogen-bond donors (Lipinski definition) is 2. The van der Waals surface area contributed by atoms with Crippen LogP contribution in [0.5, 0.6) is 5.75 Å². The first kappa shape index (κ1) is 32.9. The van der Waals surface area contributed by atoms with Crippen molar-refractivity contribution in [3.05, 3.63) is 137 Å². The Bertz CT molecular complexity index is 1510. The molecule has 0 aliphatic carbocycles. The van der Waals surface area contributed by atoms with Gasteiger partial charge in [0.05, 0.1) is 0 Å². The van der Waals surface area contributed by atoms with Crippen LogP contribution in [0.1, 0.15) is 47.2 Å². The molecule has 4 N–H and O–H groups in total. The van der Waals surface area contributed by atoms with Gasteiger partial charge in [0.15, 0.2) is 5.75 Å². The van der Waals surface area contributed by atoms with Crippen molar-refractivity contribution >= 4 is 46.9 Å². The molecule has 0 fully saturated rings. The minimum Gasteiger partial charge on any atom is -0.382 e. The molecule has 0 saturated carbocycles. The average Bonchev–Trinajstić information content (AvgIpc) is 2.96. The summed E-state index contributed by atoms with van der Waals surface area (Å²) in [5, 5.41) is 0. The Morgan fingerprint density at radius 3 is 1.39 bits per heavy atom. The predicted molar refractivity (Wildman–Crippen MR) is 172 cm³/mol. The van der Waals surface area contributed by atoms with E-state index < -0.39 is 10.4 Å². The van der Waals surface area contributed by atoms with E-state index in [1.165, 1.54) is 0 Å². The van der Waals surface area contributed by atoms with Crippen molar-refractivity contribution in [1.29, 1.82) is 0 Å². The summed E-state index contributed by atoms with van der Waals surface area (Å²) in [5.74, 6) is 0.0317. The van der Waals surface area contributed by atoms with Crippen LogP contribution >= 0.6 is 0 Å². The molecule has 0 unspecified atom stereocenters. The minimum absolute atomic E-state index is 0. The van der Waals surface area contributed by atoms with Crippen LogP contribution in [-0.2, 0) is 15.1 Å². The van der Waals surface area contributed by atoms with Crippen molar-refractivity contribution in [3.63, 3.8) is 0 Å². The van der Waals surface area contributed by atoms with Gasteiger partial charge in [-0.15, -0.1) is 0 Å². The summed E-state index contributed by atoms with van der Waals surface area (Å²) in [6.07, 6.45) is 11.5. The van der Waals surface area contributed by atoms with E-state index in [0.717, 1.165) is 41.0 Å². The molecule has 0 aliphatic rings. The number of hydrogen-bond acceptors (Lipinski definition) is 5. The molecule has 0 heterocycles. The molecule has 0 amide bonds. The topological polar surface area (TPSA) is 108 Å². The molecule has 0 spiro atoms. The summed E-state index contributed by atoms with van der Waals surface area (Å²) in [7, 11) is -4.71. The molecule has 6 nitrogen and oxygen atoms in total. The van der Waals surface area contributed by atoms with Gasteiger partial charge in [-0.2, -0.15) is 8.42 Å². The van der Waals surface area contributed by atoms with E-state index in [1.807, 2.05) is 135 Å². The highest BCUT2D eigenvalue weighted by atomic mass is 32.3. The third kappa shape index (κ3) is 11.8. The maximum absolute atomic E-state index is 11.6. The van der Waals surface area contributed by atoms with Crippen LogP contribution in [0, 0.1) is 0 Å². The second-order valence-electron chi connectivity index (χ2n) is 8.50. The monoisotopic (exact) mass is 571 g/mol. The second-order valence-corrected chi connectivity index (χ2v) is 9.53.